The quantitative estimate of drug-likeness (QED) is 0.810. The van der Waals surface area contributed by atoms with Crippen molar-refractivity contribution >= 4 is 33.2 Å². The summed E-state index contributed by atoms with van der Waals surface area (Å²) in [4.78, 5) is 7.39. The van der Waals surface area contributed by atoms with Crippen molar-refractivity contribution in [3.63, 3.8) is 0 Å². The Hall–Kier alpha value is -1.47. The third-order valence-corrected chi connectivity index (χ3v) is 4.61. The number of allylic oxidation sites excluding steroid dienone is 1. The molecule has 1 N–H and O–H groups in total. The standard InChI is InChI=1S/C11H11N3O2S2/c1-7-4-9-10(12-5-7)14(11(17)13-9)8-2-3-18(15,16)6-8/h2-5,8H,6H2,1H3,(H,13,17). The first-order valence-corrected chi connectivity index (χ1v) is 7.56. The summed E-state index contributed by atoms with van der Waals surface area (Å²) >= 11 is 5.25. The van der Waals surface area contributed by atoms with Gasteiger partial charge in [0.15, 0.2) is 20.3 Å². The third kappa shape index (κ3) is 1.79. The van der Waals surface area contributed by atoms with Crippen LogP contribution in [0.1, 0.15) is 11.6 Å². The van der Waals surface area contributed by atoms with Crippen molar-refractivity contribution in [2.75, 3.05) is 5.75 Å². The molecule has 0 radical (unpaired) electrons. The van der Waals surface area contributed by atoms with Crippen LogP contribution in [0, 0.1) is 11.7 Å². The second kappa shape index (κ2) is 3.76. The fraction of sp³-hybridized carbons (Fsp3) is 0.273. The number of nitrogens with zero attached hydrogens (tertiary/aromatic N) is 2. The SMILES string of the molecule is Cc1cnc2c(c1)[nH]c(=S)n2C1C=CS(=O)(=O)C1. The van der Waals surface area contributed by atoms with Gasteiger partial charge in [0, 0.05) is 11.6 Å². The Kier molecular flexibility index (Phi) is 2.43. The average Bonchev–Trinajstić information content (AvgIpc) is 2.77. The maximum Gasteiger partial charge on any atom is 0.179 e. The van der Waals surface area contributed by atoms with E-state index in [1.165, 1.54) is 5.41 Å². The molecule has 5 nitrogen and oxygen atoms in total. The van der Waals surface area contributed by atoms with Crippen molar-refractivity contribution in [3.8, 4) is 0 Å². The number of hydrogen-bond donors (Lipinski definition) is 1. The Balaban J connectivity index is 2.22. The number of H-pyrrole nitrogens is 1. The van der Waals surface area contributed by atoms with E-state index in [1.807, 2.05) is 13.0 Å². The smallest absolute Gasteiger partial charge is 0.179 e. The van der Waals surface area contributed by atoms with E-state index >= 15 is 0 Å². The van der Waals surface area contributed by atoms with Gasteiger partial charge in [0.25, 0.3) is 0 Å². The van der Waals surface area contributed by atoms with Crippen LogP contribution in [0.3, 0.4) is 0 Å². The summed E-state index contributed by atoms with van der Waals surface area (Å²) < 4.78 is 25.2. The predicted octanol–water partition coefficient (Wildman–Crippen LogP) is 1.89. The Morgan fingerprint density at radius 3 is 3.00 bits per heavy atom. The Bertz CT molecular complexity index is 814. The highest BCUT2D eigenvalue weighted by Crippen LogP contribution is 2.25. The minimum Gasteiger partial charge on any atom is -0.329 e. The second-order valence-electron chi connectivity index (χ2n) is 4.41. The molecule has 18 heavy (non-hydrogen) atoms. The topological polar surface area (TPSA) is 67.8 Å². The van der Waals surface area contributed by atoms with E-state index in [2.05, 4.69) is 9.97 Å². The summed E-state index contributed by atoms with van der Waals surface area (Å²) in [6.45, 7) is 1.95. The summed E-state index contributed by atoms with van der Waals surface area (Å²) in [5.74, 6) is 0.0455. The number of pyridine rings is 1. The van der Waals surface area contributed by atoms with Gasteiger partial charge >= 0.3 is 0 Å². The first-order valence-electron chi connectivity index (χ1n) is 5.44. The highest BCUT2D eigenvalue weighted by molar-refractivity contribution is 7.94. The van der Waals surface area contributed by atoms with Gasteiger partial charge in [-0.2, -0.15) is 0 Å². The fourth-order valence-corrected chi connectivity index (χ4v) is 3.75. The van der Waals surface area contributed by atoms with Gasteiger partial charge in [-0.15, -0.1) is 0 Å². The molecule has 2 aromatic rings. The maximum absolute atomic E-state index is 11.5. The van der Waals surface area contributed by atoms with Crippen LogP contribution in [0.25, 0.3) is 11.2 Å². The third-order valence-electron chi connectivity index (χ3n) is 2.93. The first kappa shape index (κ1) is 11.6. The molecule has 94 valence electrons. The number of rotatable bonds is 1. The van der Waals surface area contributed by atoms with E-state index in [9.17, 15) is 8.42 Å². The van der Waals surface area contributed by atoms with Gasteiger partial charge in [0.05, 0.1) is 17.3 Å². The average molecular weight is 281 g/mol. The lowest BCUT2D eigenvalue weighted by atomic mass is 10.3. The zero-order valence-electron chi connectivity index (χ0n) is 9.62. The lowest BCUT2D eigenvalue weighted by Gasteiger charge is -2.09. The van der Waals surface area contributed by atoms with Crippen LogP contribution >= 0.6 is 12.2 Å². The van der Waals surface area contributed by atoms with E-state index in [-0.39, 0.29) is 11.8 Å². The Labute approximate surface area is 109 Å². The van der Waals surface area contributed by atoms with Crippen molar-refractivity contribution in [1.29, 1.82) is 0 Å². The Morgan fingerprint density at radius 1 is 1.56 bits per heavy atom. The van der Waals surface area contributed by atoms with Crippen LogP contribution in [-0.4, -0.2) is 28.7 Å². The molecule has 7 heteroatoms. The van der Waals surface area contributed by atoms with Crippen molar-refractivity contribution in [1.82, 2.24) is 14.5 Å². The van der Waals surface area contributed by atoms with Crippen LogP contribution < -0.4 is 0 Å². The largest absolute Gasteiger partial charge is 0.329 e. The number of hydrogen-bond acceptors (Lipinski definition) is 4. The van der Waals surface area contributed by atoms with E-state index < -0.39 is 9.84 Å². The van der Waals surface area contributed by atoms with Crippen molar-refractivity contribution < 1.29 is 8.42 Å². The van der Waals surface area contributed by atoms with E-state index in [1.54, 1.807) is 16.8 Å². The highest BCUT2D eigenvalue weighted by atomic mass is 32.2. The molecule has 0 saturated carbocycles. The van der Waals surface area contributed by atoms with Gasteiger partial charge in [0.2, 0.25) is 0 Å². The summed E-state index contributed by atoms with van der Waals surface area (Å²) in [6, 6.07) is 1.67. The molecule has 2 aromatic heterocycles. The van der Waals surface area contributed by atoms with Gasteiger partial charge in [-0.1, -0.05) is 0 Å². The van der Waals surface area contributed by atoms with Crippen LogP contribution in [0.5, 0.6) is 0 Å². The van der Waals surface area contributed by atoms with Gasteiger partial charge in [-0.3, -0.25) is 4.57 Å². The van der Waals surface area contributed by atoms with Crippen LogP contribution in [-0.2, 0) is 9.84 Å². The second-order valence-corrected chi connectivity index (χ2v) is 6.73. The normalized spacial score (nSPS) is 21.7. The Morgan fingerprint density at radius 2 is 2.33 bits per heavy atom. The zero-order chi connectivity index (χ0) is 12.9. The first-order chi connectivity index (χ1) is 8.46. The molecule has 1 unspecified atom stereocenters. The van der Waals surface area contributed by atoms with Crippen molar-refractivity contribution in [2.24, 2.45) is 0 Å². The van der Waals surface area contributed by atoms with Crippen molar-refractivity contribution in [3.05, 3.63) is 34.1 Å². The molecule has 3 rings (SSSR count). The molecule has 0 bridgehead atoms. The summed E-state index contributed by atoms with van der Waals surface area (Å²) in [6.07, 6.45) is 3.40. The summed E-state index contributed by atoms with van der Waals surface area (Å²) in [5.41, 5.74) is 2.55. The molecule has 0 aromatic carbocycles. The summed E-state index contributed by atoms with van der Waals surface area (Å²) in [7, 11) is -3.10. The number of nitrogens with one attached hydrogen (secondary N) is 1. The molecule has 3 heterocycles. The van der Waals surface area contributed by atoms with E-state index in [0.29, 0.717) is 10.4 Å². The zero-order valence-corrected chi connectivity index (χ0v) is 11.3. The van der Waals surface area contributed by atoms with Gasteiger partial charge in [-0.25, -0.2) is 13.4 Å². The molecule has 1 atom stereocenters. The molecule has 0 spiro atoms. The van der Waals surface area contributed by atoms with Crippen LogP contribution in [0.2, 0.25) is 0 Å². The minimum absolute atomic E-state index is 0.0455. The van der Waals surface area contributed by atoms with Gasteiger partial charge in [-0.05, 0) is 36.8 Å². The molecule has 0 aliphatic carbocycles. The van der Waals surface area contributed by atoms with Crippen LogP contribution in [0.4, 0.5) is 0 Å². The predicted molar refractivity (Wildman–Crippen MR) is 71.6 cm³/mol. The molecule has 1 aliphatic rings. The lowest BCUT2D eigenvalue weighted by molar-refractivity contribution is 0.593. The minimum atomic E-state index is -3.10. The number of imidazole rings is 1. The number of aromatic amines is 1. The molecular formula is C11H11N3O2S2. The van der Waals surface area contributed by atoms with Crippen LogP contribution in [0.15, 0.2) is 23.7 Å². The molecule has 0 amide bonds. The molecule has 1 aliphatic heterocycles. The number of aromatic nitrogens is 3. The van der Waals surface area contributed by atoms with Gasteiger partial charge in [0.1, 0.15) is 0 Å². The van der Waals surface area contributed by atoms with E-state index in [4.69, 9.17) is 12.2 Å². The lowest BCUT2D eigenvalue weighted by Crippen LogP contribution is -2.12. The van der Waals surface area contributed by atoms with Crippen molar-refractivity contribution in [2.45, 2.75) is 13.0 Å². The van der Waals surface area contributed by atoms with E-state index in [0.717, 1.165) is 11.1 Å². The molecular weight excluding hydrogens is 270 g/mol. The molecule has 0 saturated heterocycles. The van der Waals surface area contributed by atoms with Gasteiger partial charge < -0.3 is 4.98 Å². The fourth-order valence-electron chi connectivity index (χ4n) is 2.15. The number of fused-ring (bicyclic) bond motifs is 1. The highest BCUT2D eigenvalue weighted by Gasteiger charge is 2.25. The molecule has 0 fully saturated rings. The number of aryl methyl sites for hydroxylation is 1. The maximum atomic E-state index is 11.5. The number of sulfone groups is 1. The monoisotopic (exact) mass is 281 g/mol. The summed E-state index contributed by atoms with van der Waals surface area (Å²) in [5, 5.41) is 1.24.